The van der Waals surface area contributed by atoms with Crippen LogP contribution in [0.2, 0.25) is 0 Å². The van der Waals surface area contributed by atoms with Crippen molar-refractivity contribution in [3.63, 3.8) is 0 Å². The maximum absolute atomic E-state index is 5.31. The lowest BCUT2D eigenvalue weighted by molar-refractivity contribution is 0.373. The van der Waals surface area contributed by atoms with Gasteiger partial charge < -0.3 is 4.52 Å². The van der Waals surface area contributed by atoms with E-state index in [-0.39, 0.29) is 5.41 Å². The third-order valence-corrected chi connectivity index (χ3v) is 5.24. The molecule has 1 aliphatic heterocycles. The fourth-order valence-electron chi connectivity index (χ4n) is 1.83. The van der Waals surface area contributed by atoms with Crippen LogP contribution in [0.15, 0.2) is 33.8 Å². The van der Waals surface area contributed by atoms with Crippen LogP contribution in [0.3, 0.4) is 0 Å². The lowest BCUT2D eigenvalue weighted by atomic mass is 9.96. The van der Waals surface area contributed by atoms with Crippen molar-refractivity contribution in [3.05, 3.63) is 41.5 Å². The molecule has 110 valence electrons. The van der Waals surface area contributed by atoms with E-state index in [4.69, 9.17) is 4.52 Å². The molecule has 0 spiro atoms. The summed E-state index contributed by atoms with van der Waals surface area (Å²) >= 11 is 3.42. The zero-order valence-corrected chi connectivity index (χ0v) is 13.9. The summed E-state index contributed by atoms with van der Waals surface area (Å²) in [6.07, 6.45) is 0. The minimum Gasteiger partial charge on any atom is -0.338 e. The molecule has 0 saturated heterocycles. The second-order valence-corrected chi connectivity index (χ2v) is 8.03. The standard InChI is InChI=1S/C15H17N3OS2/c1-15(2,3)13-17-12(19-18-13)9-21-14-16-11-7-5-4-6-10(11)8-20-14/h4-7H,8-9H2,1-3H3. The van der Waals surface area contributed by atoms with Gasteiger partial charge >= 0.3 is 0 Å². The number of rotatable bonds is 2. The van der Waals surface area contributed by atoms with Gasteiger partial charge in [0.05, 0.1) is 11.4 Å². The molecular formula is C15H17N3OS2. The second-order valence-electron chi connectivity index (χ2n) is 5.85. The Kier molecular flexibility index (Phi) is 4.08. The van der Waals surface area contributed by atoms with E-state index in [1.54, 1.807) is 23.5 Å². The number of hydrogen-bond acceptors (Lipinski definition) is 6. The van der Waals surface area contributed by atoms with E-state index >= 15 is 0 Å². The Bertz CT molecular complexity index is 674. The Labute approximate surface area is 132 Å². The number of hydrogen-bond donors (Lipinski definition) is 0. The highest BCUT2D eigenvalue weighted by Crippen LogP contribution is 2.35. The Balaban J connectivity index is 1.66. The summed E-state index contributed by atoms with van der Waals surface area (Å²) in [5, 5.41) is 4.04. The third kappa shape index (κ3) is 3.49. The van der Waals surface area contributed by atoms with Crippen LogP contribution in [0.4, 0.5) is 5.69 Å². The highest BCUT2D eigenvalue weighted by Gasteiger charge is 2.21. The van der Waals surface area contributed by atoms with E-state index in [2.05, 4.69) is 54.1 Å². The molecule has 1 aliphatic rings. The van der Waals surface area contributed by atoms with Crippen LogP contribution in [-0.4, -0.2) is 14.5 Å². The van der Waals surface area contributed by atoms with E-state index in [1.807, 2.05) is 6.07 Å². The summed E-state index contributed by atoms with van der Waals surface area (Å²) < 4.78 is 6.36. The first kappa shape index (κ1) is 14.7. The van der Waals surface area contributed by atoms with Crippen molar-refractivity contribution in [2.24, 2.45) is 4.99 Å². The summed E-state index contributed by atoms with van der Waals surface area (Å²) in [5.74, 6) is 3.05. The predicted molar refractivity (Wildman–Crippen MR) is 89.1 cm³/mol. The molecule has 4 nitrogen and oxygen atoms in total. The molecule has 2 heterocycles. The van der Waals surface area contributed by atoms with Crippen LogP contribution in [-0.2, 0) is 16.9 Å². The van der Waals surface area contributed by atoms with E-state index < -0.39 is 0 Å². The Morgan fingerprint density at radius 2 is 2.10 bits per heavy atom. The van der Waals surface area contributed by atoms with Gasteiger partial charge in [-0.15, -0.1) is 0 Å². The van der Waals surface area contributed by atoms with Gasteiger partial charge in [0.15, 0.2) is 5.82 Å². The second kappa shape index (κ2) is 5.85. The number of thioether (sulfide) groups is 2. The van der Waals surface area contributed by atoms with Gasteiger partial charge in [-0.25, -0.2) is 4.99 Å². The van der Waals surface area contributed by atoms with Crippen molar-refractivity contribution < 1.29 is 4.52 Å². The summed E-state index contributed by atoms with van der Waals surface area (Å²) in [4.78, 5) is 9.12. The number of para-hydroxylation sites is 1. The van der Waals surface area contributed by atoms with Gasteiger partial charge in [0.1, 0.15) is 4.38 Å². The fourth-order valence-corrected chi connectivity index (χ4v) is 3.73. The number of aliphatic imine (C=N–C) groups is 1. The van der Waals surface area contributed by atoms with Crippen molar-refractivity contribution >= 4 is 33.6 Å². The van der Waals surface area contributed by atoms with Crippen LogP contribution in [0.5, 0.6) is 0 Å². The quantitative estimate of drug-likeness (QED) is 0.813. The average molecular weight is 319 g/mol. The van der Waals surface area contributed by atoms with Crippen molar-refractivity contribution in [1.82, 2.24) is 10.1 Å². The fraction of sp³-hybridized carbons (Fsp3) is 0.400. The van der Waals surface area contributed by atoms with E-state index in [0.717, 1.165) is 21.6 Å². The maximum Gasteiger partial charge on any atom is 0.237 e. The highest BCUT2D eigenvalue weighted by atomic mass is 32.2. The van der Waals surface area contributed by atoms with Gasteiger partial charge in [0, 0.05) is 11.2 Å². The first-order valence-corrected chi connectivity index (χ1v) is 8.75. The number of fused-ring (bicyclic) bond motifs is 1. The Hall–Kier alpha value is -1.27. The van der Waals surface area contributed by atoms with Crippen LogP contribution in [0.1, 0.15) is 38.0 Å². The van der Waals surface area contributed by atoms with Gasteiger partial charge in [-0.3, -0.25) is 0 Å². The smallest absolute Gasteiger partial charge is 0.237 e. The predicted octanol–water partition coefficient (Wildman–Crippen LogP) is 4.53. The molecule has 6 heteroatoms. The van der Waals surface area contributed by atoms with E-state index in [1.165, 1.54) is 5.56 Å². The largest absolute Gasteiger partial charge is 0.338 e. The molecule has 21 heavy (non-hydrogen) atoms. The molecule has 3 rings (SSSR count). The summed E-state index contributed by atoms with van der Waals surface area (Å²) in [6.45, 7) is 6.23. The molecular weight excluding hydrogens is 302 g/mol. The number of nitrogens with zero attached hydrogens (tertiary/aromatic N) is 3. The molecule has 0 radical (unpaired) electrons. The van der Waals surface area contributed by atoms with E-state index in [9.17, 15) is 0 Å². The van der Waals surface area contributed by atoms with Crippen molar-refractivity contribution in [2.75, 3.05) is 0 Å². The molecule has 0 fully saturated rings. The molecule has 0 aliphatic carbocycles. The van der Waals surface area contributed by atoms with Gasteiger partial charge in [0.25, 0.3) is 0 Å². The molecule has 2 aromatic rings. The zero-order chi connectivity index (χ0) is 14.9. The maximum atomic E-state index is 5.31. The minimum atomic E-state index is -0.0809. The molecule has 0 saturated carbocycles. The minimum absolute atomic E-state index is 0.0809. The zero-order valence-electron chi connectivity index (χ0n) is 12.3. The van der Waals surface area contributed by atoms with Crippen molar-refractivity contribution in [3.8, 4) is 0 Å². The molecule has 0 unspecified atom stereocenters. The van der Waals surface area contributed by atoms with Crippen LogP contribution in [0.25, 0.3) is 0 Å². The molecule has 0 atom stereocenters. The van der Waals surface area contributed by atoms with Crippen molar-refractivity contribution in [1.29, 1.82) is 0 Å². The van der Waals surface area contributed by atoms with Crippen molar-refractivity contribution in [2.45, 2.75) is 37.7 Å². The molecule has 1 aromatic heterocycles. The van der Waals surface area contributed by atoms with Gasteiger partial charge in [-0.2, -0.15) is 4.98 Å². The normalized spacial score (nSPS) is 14.7. The summed E-state index contributed by atoms with van der Waals surface area (Å²) in [5.41, 5.74) is 2.28. The highest BCUT2D eigenvalue weighted by molar-refractivity contribution is 8.38. The Morgan fingerprint density at radius 3 is 2.86 bits per heavy atom. The van der Waals surface area contributed by atoms with Crippen LogP contribution >= 0.6 is 23.5 Å². The topological polar surface area (TPSA) is 51.3 Å². The third-order valence-electron chi connectivity index (χ3n) is 3.01. The first-order chi connectivity index (χ1) is 10.0. The summed E-state index contributed by atoms with van der Waals surface area (Å²) in [6, 6.07) is 8.26. The summed E-state index contributed by atoms with van der Waals surface area (Å²) in [7, 11) is 0. The van der Waals surface area contributed by atoms with Gasteiger partial charge in [0.2, 0.25) is 5.89 Å². The lowest BCUT2D eigenvalue weighted by Crippen LogP contribution is -2.13. The lowest BCUT2D eigenvalue weighted by Gasteiger charge is -2.13. The Morgan fingerprint density at radius 1 is 1.29 bits per heavy atom. The average Bonchev–Trinajstić information content (AvgIpc) is 2.94. The van der Waals surface area contributed by atoms with Gasteiger partial charge in [-0.05, 0) is 11.6 Å². The molecule has 1 aromatic carbocycles. The van der Waals surface area contributed by atoms with Crippen LogP contribution in [0, 0.1) is 0 Å². The SMILES string of the molecule is CC(C)(C)c1noc(CSC2=Nc3ccccc3CS2)n1. The number of benzene rings is 1. The molecule has 0 amide bonds. The molecule has 0 N–H and O–H groups in total. The number of aromatic nitrogens is 2. The van der Waals surface area contributed by atoms with Crippen LogP contribution < -0.4 is 0 Å². The first-order valence-electron chi connectivity index (χ1n) is 6.77. The molecule has 0 bridgehead atoms. The van der Waals surface area contributed by atoms with Gasteiger partial charge in [-0.1, -0.05) is 67.7 Å². The van der Waals surface area contributed by atoms with E-state index in [0.29, 0.717) is 11.6 Å². The monoisotopic (exact) mass is 319 g/mol.